The molecule has 4 rings (SSSR count). The van der Waals surface area contributed by atoms with Crippen molar-refractivity contribution in [2.45, 2.75) is 44.8 Å². The second-order valence-corrected chi connectivity index (χ2v) is 7.28. The van der Waals surface area contributed by atoms with Gasteiger partial charge in [0.2, 0.25) is 0 Å². The minimum Gasteiger partial charge on any atom is -0.461 e. The highest BCUT2D eigenvalue weighted by atomic mass is 35.5. The fourth-order valence-electron chi connectivity index (χ4n) is 3.95. The smallest absolute Gasteiger partial charge is 0.257 e. The van der Waals surface area contributed by atoms with E-state index in [1.165, 1.54) is 6.42 Å². The normalized spacial score (nSPS) is 23.4. The van der Waals surface area contributed by atoms with E-state index in [0.717, 1.165) is 24.8 Å². The number of rotatable bonds is 2. The molecule has 2 aromatic rings. The molecule has 5 heteroatoms. The van der Waals surface area contributed by atoms with Gasteiger partial charge in [-0.3, -0.25) is 4.79 Å². The second-order valence-electron chi connectivity index (χ2n) is 6.85. The summed E-state index contributed by atoms with van der Waals surface area (Å²) in [6.45, 7) is 3.13. The SMILES string of the molecule is Cc1oc(-c2ccc(Cl)cc2)cc1C(=O)N1CCO[C@H]2CCCC[C@H]21. The predicted molar refractivity (Wildman–Crippen MR) is 96.9 cm³/mol. The highest BCUT2D eigenvalue weighted by Crippen LogP contribution is 2.32. The zero-order valence-electron chi connectivity index (χ0n) is 14.3. The van der Waals surface area contributed by atoms with Gasteiger partial charge in [0, 0.05) is 17.1 Å². The molecule has 1 aliphatic heterocycles. The van der Waals surface area contributed by atoms with E-state index in [2.05, 4.69) is 0 Å². The van der Waals surface area contributed by atoms with Crippen LogP contribution < -0.4 is 0 Å². The summed E-state index contributed by atoms with van der Waals surface area (Å²) in [5.74, 6) is 1.42. The van der Waals surface area contributed by atoms with E-state index in [1.54, 1.807) is 0 Å². The zero-order chi connectivity index (χ0) is 17.4. The van der Waals surface area contributed by atoms with Crippen molar-refractivity contribution in [2.75, 3.05) is 13.2 Å². The van der Waals surface area contributed by atoms with Crippen molar-refractivity contribution < 1.29 is 13.9 Å². The van der Waals surface area contributed by atoms with Crippen molar-refractivity contribution >= 4 is 17.5 Å². The number of hydrogen-bond donors (Lipinski definition) is 0. The number of nitrogens with zero attached hydrogens (tertiary/aromatic N) is 1. The summed E-state index contributed by atoms with van der Waals surface area (Å²) in [6, 6.07) is 9.51. The lowest BCUT2D eigenvalue weighted by molar-refractivity contribution is -0.0753. The first-order valence-corrected chi connectivity index (χ1v) is 9.30. The molecule has 1 saturated carbocycles. The van der Waals surface area contributed by atoms with Crippen LogP contribution in [0.4, 0.5) is 0 Å². The first-order valence-electron chi connectivity index (χ1n) is 8.92. The fourth-order valence-corrected chi connectivity index (χ4v) is 4.08. The minimum atomic E-state index is 0.0571. The van der Waals surface area contributed by atoms with E-state index in [4.69, 9.17) is 20.8 Å². The maximum atomic E-state index is 13.2. The van der Waals surface area contributed by atoms with Gasteiger partial charge in [0.15, 0.2) is 0 Å². The number of carbonyl (C=O) groups excluding carboxylic acids is 1. The third kappa shape index (κ3) is 3.21. The van der Waals surface area contributed by atoms with E-state index >= 15 is 0 Å². The average molecular weight is 360 g/mol. The monoisotopic (exact) mass is 359 g/mol. The Kier molecular flexibility index (Phi) is 4.57. The lowest BCUT2D eigenvalue weighted by Gasteiger charge is -2.43. The number of halogens is 1. The second kappa shape index (κ2) is 6.85. The van der Waals surface area contributed by atoms with Gasteiger partial charge in [0.25, 0.3) is 5.91 Å². The molecule has 1 aromatic heterocycles. The van der Waals surface area contributed by atoms with Crippen molar-refractivity contribution in [1.29, 1.82) is 0 Å². The molecule has 2 fully saturated rings. The Hall–Kier alpha value is -1.78. The number of benzene rings is 1. The lowest BCUT2D eigenvalue weighted by atomic mass is 9.89. The molecule has 0 radical (unpaired) electrons. The summed E-state index contributed by atoms with van der Waals surface area (Å²) in [7, 11) is 0. The molecule has 1 aromatic carbocycles. The van der Waals surface area contributed by atoms with Crippen molar-refractivity contribution in [3.63, 3.8) is 0 Å². The van der Waals surface area contributed by atoms with Gasteiger partial charge in [0.1, 0.15) is 11.5 Å². The van der Waals surface area contributed by atoms with Crippen LogP contribution in [-0.4, -0.2) is 36.1 Å². The molecular weight excluding hydrogens is 338 g/mol. The van der Waals surface area contributed by atoms with Crippen molar-refractivity contribution in [1.82, 2.24) is 4.90 Å². The van der Waals surface area contributed by atoms with Crippen LogP contribution in [0.3, 0.4) is 0 Å². The lowest BCUT2D eigenvalue weighted by Crippen LogP contribution is -2.54. The summed E-state index contributed by atoms with van der Waals surface area (Å²) in [4.78, 5) is 15.2. The summed E-state index contributed by atoms with van der Waals surface area (Å²) >= 11 is 5.95. The van der Waals surface area contributed by atoms with Crippen molar-refractivity contribution in [3.05, 3.63) is 46.7 Å². The first kappa shape index (κ1) is 16.7. The van der Waals surface area contributed by atoms with Gasteiger partial charge < -0.3 is 14.1 Å². The molecule has 1 saturated heterocycles. The Morgan fingerprint density at radius 3 is 2.76 bits per heavy atom. The average Bonchev–Trinajstić information content (AvgIpc) is 3.03. The van der Waals surface area contributed by atoms with Gasteiger partial charge in [-0.2, -0.15) is 0 Å². The van der Waals surface area contributed by atoms with Gasteiger partial charge in [-0.1, -0.05) is 24.4 Å². The van der Waals surface area contributed by atoms with Gasteiger partial charge in [0.05, 0.1) is 24.3 Å². The maximum Gasteiger partial charge on any atom is 0.257 e. The Morgan fingerprint density at radius 2 is 1.96 bits per heavy atom. The van der Waals surface area contributed by atoms with Crippen LogP contribution in [0.1, 0.15) is 41.8 Å². The number of aryl methyl sites for hydroxylation is 1. The van der Waals surface area contributed by atoms with E-state index in [1.807, 2.05) is 42.2 Å². The van der Waals surface area contributed by atoms with Gasteiger partial charge in [-0.05, 0) is 50.1 Å². The first-order chi connectivity index (χ1) is 12.1. The molecule has 1 aliphatic carbocycles. The standard InChI is InChI=1S/C20H22ClNO3/c1-13-16(12-19(25-13)14-6-8-15(21)9-7-14)20(23)22-10-11-24-18-5-3-2-4-17(18)22/h6-9,12,17-18H,2-5,10-11H2,1H3/t17-,18+/m1/s1. The quantitative estimate of drug-likeness (QED) is 0.781. The van der Waals surface area contributed by atoms with Crippen LogP contribution in [0.15, 0.2) is 34.7 Å². The number of hydrogen-bond acceptors (Lipinski definition) is 3. The molecule has 0 spiro atoms. The molecule has 1 amide bonds. The number of morpholine rings is 1. The van der Waals surface area contributed by atoms with Gasteiger partial charge in [-0.25, -0.2) is 0 Å². The molecule has 2 heterocycles. The molecule has 25 heavy (non-hydrogen) atoms. The third-order valence-corrected chi connectivity index (χ3v) is 5.52. The van der Waals surface area contributed by atoms with Crippen LogP contribution in [0, 0.1) is 6.92 Å². The predicted octanol–water partition coefficient (Wildman–Crippen LogP) is 4.69. The van der Waals surface area contributed by atoms with Crippen LogP contribution >= 0.6 is 11.6 Å². The van der Waals surface area contributed by atoms with E-state index in [-0.39, 0.29) is 18.1 Å². The van der Waals surface area contributed by atoms with Gasteiger partial charge >= 0.3 is 0 Å². The third-order valence-electron chi connectivity index (χ3n) is 5.27. The Bertz CT molecular complexity index is 766. The Labute approximate surface area is 152 Å². The maximum absolute atomic E-state index is 13.2. The summed E-state index contributed by atoms with van der Waals surface area (Å²) in [5, 5.41) is 0.681. The molecule has 132 valence electrons. The van der Waals surface area contributed by atoms with Crippen LogP contribution in [0.25, 0.3) is 11.3 Å². The molecule has 2 aliphatic rings. The molecular formula is C20H22ClNO3. The number of amides is 1. The van der Waals surface area contributed by atoms with Gasteiger partial charge in [-0.15, -0.1) is 0 Å². The number of fused-ring (bicyclic) bond motifs is 1. The largest absolute Gasteiger partial charge is 0.461 e. The molecule has 4 nitrogen and oxygen atoms in total. The number of carbonyl (C=O) groups is 1. The molecule has 0 unspecified atom stereocenters. The highest BCUT2D eigenvalue weighted by molar-refractivity contribution is 6.30. The van der Waals surface area contributed by atoms with Crippen molar-refractivity contribution in [3.8, 4) is 11.3 Å². The van der Waals surface area contributed by atoms with Crippen molar-refractivity contribution in [2.24, 2.45) is 0 Å². The summed E-state index contributed by atoms with van der Waals surface area (Å²) in [6.07, 6.45) is 4.62. The van der Waals surface area contributed by atoms with E-state index in [0.29, 0.717) is 35.3 Å². The summed E-state index contributed by atoms with van der Waals surface area (Å²) in [5.41, 5.74) is 1.57. The molecule has 0 N–H and O–H groups in total. The van der Waals surface area contributed by atoms with Crippen LogP contribution in [0.5, 0.6) is 0 Å². The van der Waals surface area contributed by atoms with E-state index in [9.17, 15) is 4.79 Å². The van der Waals surface area contributed by atoms with Crippen LogP contribution in [-0.2, 0) is 4.74 Å². The van der Waals surface area contributed by atoms with Crippen LogP contribution in [0.2, 0.25) is 5.02 Å². The molecule has 0 bridgehead atoms. The van der Waals surface area contributed by atoms with E-state index < -0.39 is 0 Å². The topological polar surface area (TPSA) is 42.7 Å². The Balaban J connectivity index is 1.60. The number of furan rings is 1. The zero-order valence-corrected chi connectivity index (χ0v) is 15.1. The fraction of sp³-hybridized carbons (Fsp3) is 0.450. The summed E-state index contributed by atoms with van der Waals surface area (Å²) < 4.78 is 11.8. The number of ether oxygens (including phenoxy) is 1. The Morgan fingerprint density at radius 1 is 1.20 bits per heavy atom. The molecule has 2 atom stereocenters. The highest BCUT2D eigenvalue weighted by Gasteiger charge is 2.37. The minimum absolute atomic E-state index is 0.0571.